The molecule has 0 heterocycles. The Morgan fingerprint density at radius 3 is 2.87 bits per heavy atom. The van der Waals surface area contributed by atoms with Crippen molar-refractivity contribution in [3.8, 4) is 5.75 Å². The molecule has 0 aliphatic carbocycles. The Hall–Kier alpha value is -0.730. The summed E-state index contributed by atoms with van der Waals surface area (Å²) in [7, 11) is 1.94. The average molecular weight is 228 g/mol. The minimum absolute atomic E-state index is 0.758. The first-order valence-electron chi connectivity index (χ1n) is 5.33. The number of nitrogens with one attached hydrogen (secondary N) is 1. The molecule has 0 atom stereocenters. The Labute approximate surface area is 96.6 Å². The van der Waals surface area contributed by atoms with Crippen molar-refractivity contribution < 1.29 is 4.74 Å². The molecule has 1 N–H and O–H groups in total. The van der Waals surface area contributed by atoms with Crippen molar-refractivity contribution in [1.29, 1.82) is 0 Å². The van der Waals surface area contributed by atoms with Gasteiger partial charge in [-0.05, 0) is 50.2 Å². The third-order valence-corrected chi connectivity index (χ3v) is 2.36. The van der Waals surface area contributed by atoms with Crippen LogP contribution in [-0.2, 0) is 6.42 Å². The predicted molar refractivity (Wildman–Crippen MR) is 64.9 cm³/mol. The van der Waals surface area contributed by atoms with Crippen LogP contribution < -0.4 is 10.1 Å². The summed E-state index contributed by atoms with van der Waals surface area (Å²) in [5, 5.41) is 3.89. The SMILES string of the molecule is CCCOc1ccc(Cl)cc1CCNC. The van der Waals surface area contributed by atoms with Crippen LogP contribution >= 0.6 is 11.6 Å². The fraction of sp³-hybridized carbons (Fsp3) is 0.500. The molecular weight excluding hydrogens is 210 g/mol. The molecule has 0 unspecified atom stereocenters. The number of likely N-dealkylation sites (N-methyl/N-ethyl adjacent to an activating group) is 1. The number of benzene rings is 1. The van der Waals surface area contributed by atoms with Crippen molar-refractivity contribution in [2.45, 2.75) is 19.8 Å². The molecule has 1 rings (SSSR count). The Morgan fingerprint density at radius 2 is 2.20 bits per heavy atom. The molecule has 2 nitrogen and oxygen atoms in total. The van der Waals surface area contributed by atoms with E-state index in [1.165, 1.54) is 5.56 Å². The zero-order chi connectivity index (χ0) is 11.1. The summed E-state index contributed by atoms with van der Waals surface area (Å²) >= 11 is 5.95. The lowest BCUT2D eigenvalue weighted by atomic mass is 10.1. The van der Waals surface area contributed by atoms with Gasteiger partial charge in [0, 0.05) is 5.02 Å². The van der Waals surface area contributed by atoms with Crippen molar-refractivity contribution in [3.05, 3.63) is 28.8 Å². The van der Waals surface area contributed by atoms with Crippen LogP contribution in [0, 0.1) is 0 Å². The van der Waals surface area contributed by atoms with E-state index in [0.717, 1.165) is 36.8 Å². The van der Waals surface area contributed by atoms with Gasteiger partial charge in [-0.15, -0.1) is 0 Å². The van der Waals surface area contributed by atoms with Crippen molar-refractivity contribution in [2.24, 2.45) is 0 Å². The summed E-state index contributed by atoms with van der Waals surface area (Å²) in [6, 6.07) is 5.79. The Kier molecular flexibility index (Phi) is 5.51. The molecule has 0 bridgehead atoms. The predicted octanol–water partition coefficient (Wildman–Crippen LogP) is 2.89. The minimum atomic E-state index is 0.758. The monoisotopic (exact) mass is 227 g/mol. The van der Waals surface area contributed by atoms with Gasteiger partial charge in [0.15, 0.2) is 0 Å². The molecule has 0 aromatic heterocycles. The molecule has 1 aromatic rings. The Morgan fingerprint density at radius 1 is 1.40 bits per heavy atom. The molecule has 1 aromatic carbocycles. The van der Waals surface area contributed by atoms with E-state index in [9.17, 15) is 0 Å². The van der Waals surface area contributed by atoms with Crippen LogP contribution in [-0.4, -0.2) is 20.2 Å². The summed E-state index contributed by atoms with van der Waals surface area (Å²) in [6.07, 6.45) is 1.96. The zero-order valence-corrected chi connectivity index (χ0v) is 10.1. The third-order valence-electron chi connectivity index (χ3n) is 2.13. The number of hydrogen-bond donors (Lipinski definition) is 1. The molecule has 0 saturated heterocycles. The molecule has 0 radical (unpaired) electrons. The lowest BCUT2D eigenvalue weighted by Crippen LogP contribution is -2.11. The maximum atomic E-state index is 5.95. The maximum Gasteiger partial charge on any atom is 0.122 e. The molecule has 0 aliphatic heterocycles. The second kappa shape index (κ2) is 6.70. The largest absolute Gasteiger partial charge is 0.493 e. The second-order valence-electron chi connectivity index (χ2n) is 3.45. The van der Waals surface area contributed by atoms with Crippen LogP contribution in [0.4, 0.5) is 0 Å². The van der Waals surface area contributed by atoms with Crippen molar-refractivity contribution in [3.63, 3.8) is 0 Å². The van der Waals surface area contributed by atoms with Crippen LogP contribution in [0.2, 0.25) is 5.02 Å². The van der Waals surface area contributed by atoms with Gasteiger partial charge >= 0.3 is 0 Å². The van der Waals surface area contributed by atoms with Crippen LogP contribution in [0.1, 0.15) is 18.9 Å². The van der Waals surface area contributed by atoms with E-state index in [0.29, 0.717) is 0 Å². The van der Waals surface area contributed by atoms with Crippen LogP contribution in [0.15, 0.2) is 18.2 Å². The van der Waals surface area contributed by atoms with Gasteiger partial charge in [0.25, 0.3) is 0 Å². The van der Waals surface area contributed by atoms with E-state index in [1.807, 2.05) is 25.2 Å². The number of hydrogen-bond acceptors (Lipinski definition) is 2. The van der Waals surface area contributed by atoms with Gasteiger partial charge in [0.1, 0.15) is 5.75 Å². The normalized spacial score (nSPS) is 10.3. The van der Waals surface area contributed by atoms with Crippen molar-refractivity contribution in [1.82, 2.24) is 5.32 Å². The minimum Gasteiger partial charge on any atom is -0.493 e. The lowest BCUT2D eigenvalue weighted by Gasteiger charge is -2.11. The Balaban J connectivity index is 2.73. The van der Waals surface area contributed by atoms with Gasteiger partial charge in [-0.3, -0.25) is 0 Å². The quantitative estimate of drug-likeness (QED) is 0.807. The molecule has 0 fully saturated rings. The molecular formula is C12H18ClNO. The second-order valence-corrected chi connectivity index (χ2v) is 3.89. The molecule has 0 saturated carbocycles. The molecule has 15 heavy (non-hydrogen) atoms. The summed E-state index contributed by atoms with van der Waals surface area (Å²) in [5.41, 5.74) is 1.17. The van der Waals surface area contributed by atoms with E-state index >= 15 is 0 Å². The van der Waals surface area contributed by atoms with E-state index in [4.69, 9.17) is 16.3 Å². The van der Waals surface area contributed by atoms with Gasteiger partial charge in [0.05, 0.1) is 6.61 Å². The summed E-state index contributed by atoms with van der Waals surface area (Å²) in [6.45, 7) is 3.79. The zero-order valence-electron chi connectivity index (χ0n) is 9.35. The Bertz CT molecular complexity index is 302. The highest BCUT2D eigenvalue weighted by Crippen LogP contribution is 2.23. The lowest BCUT2D eigenvalue weighted by molar-refractivity contribution is 0.314. The first-order chi connectivity index (χ1) is 7.27. The summed E-state index contributed by atoms with van der Waals surface area (Å²) in [5.74, 6) is 0.955. The van der Waals surface area contributed by atoms with Crippen LogP contribution in [0.5, 0.6) is 5.75 Å². The standard InChI is InChI=1S/C12H18ClNO/c1-3-8-15-12-5-4-11(13)9-10(12)6-7-14-2/h4-5,9,14H,3,6-8H2,1-2H3. The van der Waals surface area contributed by atoms with Crippen molar-refractivity contribution >= 4 is 11.6 Å². The van der Waals surface area contributed by atoms with E-state index < -0.39 is 0 Å². The molecule has 84 valence electrons. The first-order valence-corrected chi connectivity index (χ1v) is 5.71. The van der Waals surface area contributed by atoms with Gasteiger partial charge in [-0.25, -0.2) is 0 Å². The summed E-state index contributed by atoms with van der Waals surface area (Å²) in [4.78, 5) is 0. The van der Waals surface area contributed by atoms with Gasteiger partial charge in [-0.1, -0.05) is 18.5 Å². The third kappa shape index (κ3) is 4.10. The van der Waals surface area contributed by atoms with Crippen LogP contribution in [0.25, 0.3) is 0 Å². The van der Waals surface area contributed by atoms with E-state index in [-0.39, 0.29) is 0 Å². The molecule has 0 amide bonds. The molecule has 0 spiro atoms. The van der Waals surface area contributed by atoms with E-state index in [1.54, 1.807) is 0 Å². The highest BCUT2D eigenvalue weighted by atomic mass is 35.5. The number of halogens is 1. The smallest absolute Gasteiger partial charge is 0.122 e. The fourth-order valence-corrected chi connectivity index (χ4v) is 1.55. The van der Waals surface area contributed by atoms with Crippen LogP contribution in [0.3, 0.4) is 0 Å². The first kappa shape index (κ1) is 12.3. The number of rotatable bonds is 6. The van der Waals surface area contributed by atoms with E-state index in [2.05, 4.69) is 12.2 Å². The van der Waals surface area contributed by atoms with Gasteiger partial charge < -0.3 is 10.1 Å². The molecule has 3 heteroatoms. The highest BCUT2D eigenvalue weighted by Gasteiger charge is 2.03. The fourth-order valence-electron chi connectivity index (χ4n) is 1.36. The molecule has 0 aliphatic rings. The highest BCUT2D eigenvalue weighted by molar-refractivity contribution is 6.30. The van der Waals surface area contributed by atoms with Gasteiger partial charge in [-0.2, -0.15) is 0 Å². The van der Waals surface area contributed by atoms with Crippen molar-refractivity contribution in [2.75, 3.05) is 20.2 Å². The van der Waals surface area contributed by atoms with Gasteiger partial charge in [0.2, 0.25) is 0 Å². The summed E-state index contributed by atoms with van der Waals surface area (Å²) < 4.78 is 5.65. The topological polar surface area (TPSA) is 21.3 Å². The maximum absolute atomic E-state index is 5.95. The number of ether oxygens (including phenoxy) is 1. The average Bonchev–Trinajstić information content (AvgIpc) is 2.25.